The van der Waals surface area contributed by atoms with E-state index in [1.165, 1.54) is 57.8 Å². The SMILES string of the molecule is O=CCOCCOCCNC(=O)CCCCCCCCCCCCCCCCC(=O)O. The van der Waals surface area contributed by atoms with E-state index in [0.29, 0.717) is 45.5 Å². The number of aliphatic carboxylic acids is 1. The quantitative estimate of drug-likeness (QED) is 0.157. The molecule has 0 unspecified atom stereocenters. The fraction of sp³-hybridized carbons (Fsp3) is 0.875. The summed E-state index contributed by atoms with van der Waals surface area (Å²) in [4.78, 5) is 32.2. The summed E-state index contributed by atoms with van der Waals surface area (Å²) in [6, 6.07) is 0. The Morgan fingerprint density at radius 1 is 0.645 bits per heavy atom. The first kappa shape index (κ1) is 29.5. The molecule has 0 aromatic heterocycles. The summed E-state index contributed by atoms with van der Waals surface area (Å²) in [6.45, 7) is 1.89. The normalized spacial score (nSPS) is 10.8. The lowest BCUT2D eigenvalue weighted by Gasteiger charge is -2.06. The Balaban J connectivity index is 3.14. The molecule has 0 saturated carbocycles. The first-order valence-electron chi connectivity index (χ1n) is 12.2. The van der Waals surface area contributed by atoms with Crippen LogP contribution in [0.3, 0.4) is 0 Å². The van der Waals surface area contributed by atoms with E-state index in [4.69, 9.17) is 14.6 Å². The van der Waals surface area contributed by atoms with E-state index >= 15 is 0 Å². The fourth-order valence-corrected chi connectivity index (χ4v) is 3.39. The highest BCUT2D eigenvalue weighted by atomic mass is 16.5. The van der Waals surface area contributed by atoms with Crippen LogP contribution in [0.2, 0.25) is 0 Å². The molecular weight excluding hydrogens is 398 g/mol. The van der Waals surface area contributed by atoms with Crippen molar-refractivity contribution in [2.24, 2.45) is 0 Å². The van der Waals surface area contributed by atoms with Gasteiger partial charge in [-0.05, 0) is 12.8 Å². The monoisotopic (exact) mass is 443 g/mol. The maximum atomic E-state index is 11.7. The second kappa shape index (κ2) is 24.8. The summed E-state index contributed by atoms with van der Waals surface area (Å²) in [5.41, 5.74) is 0. The highest BCUT2D eigenvalue weighted by molar-refractivity contribution is 5.75. The van der Waals surface area contributed by atoms with Gasteiger partial charge >= 0.3 is 5.97 Å². The number of rotatable bonds is 25. The van der Waals surface area contributed by atoms with Crippen molar-refractivity contribution >= 4 is 18.2 Å². The van der Waals surface area contributed by atoms with Gasteiger partial charge in [-0.3, -0.25) is 9.59 Å². The summed E-state index contributed by atoms with van der Waals surface area (Å²) in [6.07, 6.45) is 18.2. The Morgan fingerprint density at radius 2 is 1.10 bits per heavy atom. The van der Waals surface area contributed by atoms with Gasteiger partial charge in [0.25, 0.3) is 0 Å². The lowest BCUT2D eigenvalue weighted by atomic mass is 10.0. The third-order valence-electron chi connectivity index (χ3n) is 5.17. The van der Waals surface area contributed by atoms with Crippen LogP contribution in [0.15, 0.2) is 0 Å². The summed E-state index contributed by atoms with van der Waals surface area (Å²) in [5, 5.41) is 11.4. The Kier molecular flexibility index (Phi) is 23.6. The van der Waals surface area contributed by atoms with E-state index in [1.54, 1.807) is 0 Å². The third-order valence-corrected chi connectivity index (χ3v) is 5.17. The van der Waals surface area contributed by atoms with Crippen molar-refractivity contribution in [2.45, 2.75) is 103 Å². The minimum absolute atomic E-state index is 0.0858. The molecule has 31 heavy (non-hydrogen) atoms. The Morgan fingerprint density at radius 3 is 1.58 bits per heavy atom. The number of nitrogens with one attached hydrogen (secondary N) is 1. The lowest BCUT2D eigenvalue weighted by Crippen LogP contribution is -2.27. The second-order valence-electron chi connectivity index (χ2n) is 8.05. The Labute approximate surface area is 188 Å². The molecule has 182 valence electrons. The van der Waals surface area contributed by atoms with Gasteiger partial charge < -0.3 is 24.7 Å². The van der Waals surface area contributed by atoms with Gasteiger partial charge in [-0.25, -0.2) is 0 Å². The van der Waals surface area contributed by atoms with Crippen LogP contribution in [0, 0.1) is 0 Å². The highest BCUT2D eigenvalue weighted by Gasteiger charge is 2.01. The molecule has 7 nitrogen and oxygen atoms in total. The predicted octanol–water partition coefficient (Wildman–Crippen LogP) is 4.66. The van der Waals surface area contributed by atoms with E-state index in [1.807, 2.05) is 0 Å². The van der Waals surface area contributed by atoms with Crippen LogP contribution in [0.5, 0.6) is 0 Å². The smallest absolute Gasteiger partial charge is 0.303 e. The molecule has 0 saturated heterocycles. The molecule has 0 aliphatic heterocycles. The van der Waals surface area contributed by atoms with Crippen LogP contribution in [0.4, 0.5) is 0 Å². The van der Waals surface area contributed by atoms with Crippen molar-refractivity contribution < 1.29 is 29.0 Å². The van der Waals surface area contributed by atoms with Crippen molar-refractivity contribution in [3.05, 3.63) is 0 Å². The summed E-state index contributed by atoms with van der Waals surface area (Å²) < 4.78 is 10.3. The molecule has 0 bridgehead atoms. The molecule has 1 amide bonds. The molecule has 0 aromatic rings. The topological polar surface area (TPSA) is 102 Å². The van der Waals surface area contributed by atoms with E-state index in [9.17, 15) is 14.4 Å². The Bertz CT molecular complexity index is 430. The molecule has 0 rings (SSSR count). The average Bonchev–Trinajstić information content (AvgIpc) is 2.75. The molecule has 0 spiro atoms. The van der Waals surface area contributed by atoms with Gasteiger partial charge in [0.2, 0.25) is 5.91 Å². The van der Waals surface area contributed by atoms with E-state index in [-0.39, 0.29) is 12.5 Å². The number of hydrogen-bond acceptors (Lipinski definition) is 5. The molecule has 0 atom stereocenters. The van der Waals surface area contributed by atoms with Crippen molar-refractivity contribution in [3.8, 4) is 0 Å². The Hall–Kier alpha value is -1.47. The standard InChI is InChI=1S/C24H45NO6/c26-18-20-31-22-21-30-19-17-25-23(27)15-13-11-9-7-5-3-1-2-4-6-8-10-12-14-16-24(28)29/h18H,1-17,19-22H2,(H,25,27)(H,28,29). The molecule has 0 fully saturated rings. The second-order valence-corrected chi connectivity index (χ2v) is 8.05. The number of carbonyl (C=O) groups is 3. The van der Waals surface area contributed by atoms with E-state index in [0.717, 1.165) is 32.1 Å². The zero-order chi connectivity index (χ0) is 22.8. The number of carbonyl (C=O) groups excluding carboxylic acids is 2. The molecular formula is C24H45NO6. The number of hydrogen-bond donors (Lipinski definition) is 2. The van der Waals surface area contributed by atoms with Gasteiger partial charge in [0, 0.05) is 19.4 Å². The number of carboxylic acid groups (broad SMARTS) is 1. The fourth-order valence-electron chi connectivity index (χ4n) is 3.39. The lowest BCUT2D eigenvalue weighted by molar-refractivity contribution is -0.137. The van der Waals surface area contributed by atoms with Crippen LogP contribution in [0.25, 0.3) is 0 Å². The van der Waals surface area contributed by atoms with Crippen LogP contribution < -0.4 is 5.32 Å². The summed E-state index contributed by atoms with van der Waals surface area (Å²) in [7, 11) is 0. The zero-order valence-corrected chi connectivity index (χ0v) is 19.4. The van der Waals surface area contributed by atoms with Crippen molar-refractivity contribution in [1.82, 2.24) is 5.32 Å². The van der Waals surface area contributed by atoms with Crippen molar-refractivity contribution in [2.75, 3.05) is 33.0 Å². The molecule has 7 heteroatoms. The molecule has 2 N–H and O–H groups in total. The van der Waals surface area contributed by atoms with Crippen LogP contribution in [-0.4, -0.2) is 56.2 Å². The molecule has 0 aliphatic rings. The largest absolute Gasteiger partial charge is 0.481 e. The number of amides is 1. The molecule has 0 heterocycles. The minimum atomic E-state index is -0.681. The van der Waals surface area contributed by atoms with Gasteiger partial charge in [-0.2, -0.15) is 0 Å². The summed E-state index contributed by atoms with van der Waals surface area (Å²) in [5.74, 6) is -0.596. The average molecular weight is 444 g/mol. The molecule has 0 radical (unpaired) electrons. The molecule has 0 aliphatic carbocycles. The van der Waals surface area contributed by atoms with Crippen LogP contribution in [0.1, 0.15) is 103 Å². The van der Waals surface area contributed by atoms with Gasteiger partial charge in [-0.15, -0.1) is 0 Å². The number of carboxylic acids is 1. The van der Waals surface area contributed by atoms with Gasteiger partial charge in [0.1, 0.15) is 12.9 Å². The van der Waals surface area contributed by atoms with Gasteiger partial charge in [0.05, 0.1) is 19.8 Å². The molecule has 0 aromatic carbocycles. The van der Waals surface area contributed by atoms with Crippen molar-refractivity contribution in [1.29, 1.82) is 0 Å². The van der Waals surface area contributed by atoms with Crippen LogP contribution >= 0.6 is 0 Å². The third kappa shape index (κ3) is 26.5. The first-order valence-corrected chi connectivity index (χ1v) is 12.2. The number of aldehydes is 1. The van der Waals surface area contributed by atoms with Crippen molar-refractivity contribution in [3.63, 3.8) is 0 Å². The number of unbranched alkanes of at least 4 members (excludes halogenated alkanes) is 13. The zero-order valence-electron chi connectivity index (χ0n) is 19.4. The van der Waals surface area contributed by atoms with Gasteiger partial charge in [0.15, 0.2) is 0 Å². The maximum Gasteiger partial charge on any atom is 0.303 e. The van der Waals surface area contributed by atoms with Gasteiger partial charge in [-0.1, -0.05) is 77.0 Å². The minimum Gasteiger partial charge on any atom is -0.481 e. The first-order chi connectivity index (χ1) is 15.2. The van der Waals surface area contributed by atoms with E-state index < -0.39 is 5.97 Å². The maximum absolute atomic E-state index is 11.7. The predicted molar refractivity (Wildman–Crippen MR) is 122 cm³/mol. The van der Waals surface area contributed by atoms with E-state index in [2.05, 4.69) is 5.32 Å². The van der Waals surface area contributed by atoms with Crippen LogP contribution in [-0.2, 0) is 23.9 Å². The summed E-state index contributed by atoms with van der Waals surface area (Å²) >= 11 is 0. The highest BCUT2D eigenvalue weighted by Crippen LogP contribution is 2.13. The number of ether oxygens (including phenoxy) is 2.